The van der Waals surface area contributed by atoms with Crippen molar-refractivity contribution >= 4 is 23.4 Å². The van der Waals surface area contributed by atoms with Crippen molar-refractivity contribution in [3.05, 3.63) is 120 Å². The second-order valence-electron chi connectivity index (χ2n) is 9.25. The lowest BCUT2D eigenvalue weighted by Gasteiger charge is -2.26. The number of carbonyl (C=O) groups excluding carboxylic acids is 1. The monoisotopic (exact) mass is 570 g/mol. The fraction of sp³-hybridized carbons (Fsp3) is 0.219. The van der Waals surface area contributed by atoms with Crippen LogP contribution in [-0.4, -0.2) is 31.4 Å². The molecule has 0 fully saturated rings. The number of nitrogens with zero attached hydrogens (tertiary/aromatic N) is 2. The van der Waals surface area contributed by atoms with Crippen LogP contribution in [-0.2, 0) is 16.1 Å². The van der Waals surface area contributed by atoms with Gasteiger partial charge in [0.05, 0.1) is 36.6 Å². The van der Waals surface area contributed by atoms with E-state index in [0.29, 0.717) is 38.7 Å². The van der Waals surface area contributed by atoms with E-state index in [1.165, 1.54) is 23.0 Å². The fourth-order valence-electron chi connectivity index (χ4n) is 4.68. The summed E-state index contributed by atoms with van der Waals surface area (Å²) in [5, 5.41) is 0. The molecule has 41 heavy (non-hydrogen) atoms. The molecule has 0 amide bonds. The van der Waals surface area contributed by atoms with Crippen molar-refractivity contribution in [2.24, 2.45) is 4.99 Å². The lowest BCUT2D eigenvalue weighted by atomic mass is 9.95. The number of hydrogen-bond acceptors (Lipinski definition) is 8. The number of esters is 1. The maximum atomic E-state index is 13.9. The van der Waals surface area contributed by atoms with Crippen LogP contribution in [0.25, 0.3) is 6.08 Å². The lowest BCUT2D eigenvalue weighted by molar-refractivity contribution is -0.139. The molecule has 210 valence electrons. The van der Waals surface area contributed by atoms with Crippen LogP contribution >= 0.6 is 11.3 Å². The summed E-state index contributed by atoms with van der Waals surface area (Å²) < 4.78 is 24.3. The minimum absolute atomic E-state index is 0.192. The Hall–Kier alpha value is -4.63. The predicted octanol–water partition coefficient (Wildman–Crippen LogP) is 4.39. The van der Waals surface area contributed by atoms with E-state index in [9.17, 15) is 9.59 Å². The molecule has 1 unspecified atom stereocenters. The Morgan fingerprint density at radius 2 is 1.73 bits per heavy atom. The molecule has 3 aromatic carbocycles. The largest absolute Gasteiger partial charge is 0.497 e. The smallest absolute Gasteiger partial charge is 0.338 e. The lowest BCUT2D eigenvalue weighted by Crippen LogP contribution is -2.40. The van der Waals surface area contributed by atoms with Crippen molar-refractivity contribution in [3.8, 4) is 17.2 Å². The van der Waals surface area contributed by atoms with Gasteiger partial charge in [-0.2, -0.15) is 0 Å². The first kappa shape index (κ1) is 27.9. The minimum Gasteiger partial charge on any atom is -0.497 e. The zero-order chi connectivity index (χ0) is 28.9. The molecule has 0 radical (unpaired) electrons. The molecule has 2 heterocycles. The third kappa shape index (κ3) is 5.81. The Balaban J connectivity index is 1.55. The number of thiazole rings is 1. The van der Waals surface area contributed by atoms with Crippen LogP contribution in [0.3, 0.4) is 0 Å². The summed E-state index contributed by atoms with van der Waals surface area (Å²) in [5.74, 6) is 1.27. The van der Waals surface area contributed by atoms with Crippen LogP contribution in [0.4, 0.5) is 0 Å². The van der Waals surface area contributed by atoms with Crippen molar-refractivity contribution < 1.29 is 23.7 Å². The van der Waals surface area contributed by atoms with Gasteiger partial charge in [0.1, 0.15) is 29.9 Å². The van der Waals surface area contributed by atoms with Crippen molar-refractivity contribution in [3.63, 3.8) is 0 Å². The van der Waals surface area contributed by atoms with Gasteiger partial charge in [-0.25, -0.2) is 9.79 Å². The summed E-state index contributed by atoms with van der Waals surface area (Å²) >= 11 is 1.26. The number of rotatable bonds is 9. The maximum absolute atomic E-state index is 13.9. The predicted molar refractivity (Wildman–Crippen MR) is 157 cm³/mol. The average molecular weight is 571 g/mol. The molecular weight excluding hydrogens is 540 g/mol. The first-order valence-corrected chi connectivity index (χ1v) is 13.9. The number of hydrogen-bond donors (Lipinski definition) is 0. The second-order valence-corrected chi connectivity index (χ2v) is 10.3. The Morgan fingerprint density at radius 1 is 1.00 bits per heavy atom. The normalized spacial score (nSPS) is 14.7. The molecule has 0 saturated carbocycles. The fourth-order valence-corrected chi connectivity index (χ4v) is 5.73. The third-order valence-electron chi connectivity index (χ3n) is 6.68. The summed E-state index contributed by atoms with van der Waals surface area (Å²) in [6, 6.07) is 22.0. The van der Waals surface area contributed by atoms with Gasteiger partial charge in [0.2, 0.25) is 0 Å². The van der Waals surface area contributed by atoms with E-state index >= 15 is 0 Å². The van der Waals surface area contributed by atoms with E-state index in [2.05, 4.69) is 4.99 Å². The Labute approximate surface area is 241 Å². The molecule has 1 aliphatic heterocycles. The Kier molecular flexibility index (Phi) is 8.35. The van der Waals surface area contributed by atoms with Gasteiger partial charge in [-0.05, 0) is 55.3 Å². The third-order valence-corrected chi connectivity index (χ3v) is 7.66. The highest BCUT2D eigenvalue weighted by atomic mass is 32.1. The first-order chi connectivity index (χ1) is 19.9. The number of carbonyl (C=O) groups is 1. The van der Waals surface area contributed by atoms with Crippen LogP contribution in [0.1, 0.15) is 36.6 Å². The molecule has 0 N–H and O–H groups in total. The van der Waals surface area contributed by atoms with E-state index in [-0.39, 0.29) is 17.7 Å². The summed E-state index contributed by atoms with van der Waals surface area (Å²) in [5.41, 5.74) is 3.04. The molecule has 1 aromatic heterocycles. The van der Waals surface area contributed by atoms with Gasteiger partial charge in [0.25, 0.3) is 5.56 Å². The molecule has 0 spiro atoms. The van der Waals surface area contributed by atoms with Gasteiger partial charge in [-0.1, -0.05) is 53.8 Å². The number of benzene rings is 3. The molecule has 1 atom stereocenters. The highest BCUT2D eigenvalue weighted by Crippen LogP contribution is 2.37. The number of fused-ring (bicyclic) bond motifs is 1. The summed E-state index contributed by atoms with van der Waals surface area (Å²) in [6.45, 7) is 4.15. The summed E-state index contributed by atoms with van der Waals surface area (Å²) in [6.07, 6.45) is 1.82. The molecular formula is C32H30N2O6S. The number of aromatic nitrogens is 1. The van der Waals surface area contributed by atoms with E-state index in [1.807, 2.05) is 60.7 Å². The van der Waals surface area contributed by atoms with Crippen molar-refractivity contribution in [1.82, 2.24) is 4.57 Å². The molecule has 9 heteroatoms. The Bertz CT molecular complexity index is 1770. The van der Waals surface area contributed by atoms with E-state index in [4.69, 9.17) is 18.9 Å². The molecule has 0 bridgehead atoms. The molecule has 8 nitrogen and oxygen atoms in total. The standard InChI is InChI=1S/C32H30N2O6S/c1-5-39-31(36)28-20(2)33-32-34(29(28)25-16-15-24(37-3)18-26(25)38-4)30(35)27(41-32)17-21-11-13-23(14-12-21)40-19-22-9-7-6-8-10-22/h6-18,29H,5,19H2,1-4H3/b27-17-. The first-order valence-electron chi connectivity index (χ1n) is 13.1. The maximum Gasteiger partial charge on any atom is 0.338 e. The van der Waals surface area contributed by atoms with Crippen LogP contribution in [0.5, 0.6) is 17.2 Å². The molecule has 0 aliphatic carbocycles. The summed E-state index contributed by atoms with van der Waals surface area (Å²) in [7, 11) is 3.10. The van der Waals surface area contributed by atoms with Gasteiger partial charge in [-0.3, -0.25) is 9.36 Å². The number of ether oxygens (including phenoxy) is 4. The van der Waals surface area contributed by atoms with Gasteiger partial charge in [0, 0.05) is 11.6 Å². The van der Waals surface area contributed by atoms with E-state index in [0.717, 1.165) is 16.9 Å². The molecule has 4 aromatic rings. The van der Waals surface area contributed by atoms with Crippen LogP contribution in [0, 0.1) is 0 Å². The zero-order valence-corrected chi connectivity index (χ0v) is 24.1. The minimum atomic E-state index is -0.790. The zero-order valence-electron chi connectivity index (χ0n) is 23.2. The van der Waals surface area contributed by atoms with Crippen molar-refractivity contribution in [1.29, 1.82) is 0 Å². The second kappa shape index (κ2) is 12.3. The number of methoxy groups -OCH3 is 2. The highest BCUT2D eigenvalue weighted by molar-refractivity contribution is 7.07. The molecule has 5 rings (SSSR count). The Morgan fingerprint density at radius 3 is 2.41 bits per heavy atom. The van der Waals surface area contributed by atoms with Gasteiger partial charge >= 0.3 is 5.97 Å². The number of allylic oxidation sites excluding steroid dienone is 1. The van der Waals surface area contributed by atoms with Crippen molar-refractivity contribution in [2.45, 2.75) is 26.5 Å². The SMILES string of the molecule is CCOC(=O)C1=C(C)N=c2s/c(=C\c3ccc(OCc4ccccc4)cc3)c(=O)n2C1c1ccc(OC)cc1OC. The quantitative estimate of drug-likeness (QED) is 0.277. The highest BCUT2D eigenvalue weighted by Gasteiger charge is 2.35. The topological polar surface area (TPSA) is 88.4 Å². The van der Waals surface area contributed by atoms with Crippen LogP contribution < -0.4 is 29.1 Å². The van der Waals surface area contributed by atoms with Crippen LogP contribution in [0.2, 0.25) is 0 Å². The van der Waals surface area contributed by atoms with Gasteiger partial charge in [0.15, 0.2) is 4.80 Å². The van der Waals surface area contributed by atoms with Gasteiger partial charge < -0.3 is 18.9 Å². The van der Waals surface area contributed by atoms with E-state index < -0.39 is 12.0 Å². The van der Waals surface area contributed by atoms with Crippen molar-refractivity contribution in [2.75, 3.05) is 20.8 Å². The average Bonchev–Trinajstić information content (AvgIpc) is 3.30. The summed E-state index contributed by atoms with van der Waals surface area (Å²) in [4.78, 5) is 32.2. The molecule has 1 aliphatic rings. The van der Waals surface area contributed by atoms with Crippen LogP contribution in [0.15, 0.2) is 93.9 Å². The van der Waals surface area contributed by atoms with E-state index in [1.54, 1.807) is 39.2 Å². The molecule has 0 saturated heterocycles. The van der Waals surface area contributed by atoms with Gasteiger partial charge in [-0.15, -0.1) is 0 Å².